The van der Waals surface area contributed by atoms with Gasteiger partial charge in [0.2, 0.25) is 0 Å². The second-order valence-corrected chi connectivity index (χ2v) is 4.08. The molecule has 0 saturated carbocycles. The zero-order valence-electron chi connectivity index (χ0n) is 8.83. The van der Waals surface area contributed by atoms with Crippen LogP contribution in [0.2, 0.25) is 5.02 Å². The summed E-state index contributed by atoms with van der Waals surface area (Å²) in [7, 11) is 0. The fourth-order valence-corrected chi connectivity index (χ4v) is 1.79. The third kappa shape index (κ3) is 2.46. The van der Waals surface area contributed by atoms with E-state index in [1.807, 2.05) is 0 Å². The molecule has 0 bridgehead atoms. The topological polar surface area (TPSA) is 26.0 Å². The van der Waals surface area contributed by atoms with Crippen LogP contribution in [0.5, 0.6) is 0 Å². The van der Waals surface area contributed by atoms with Crippen molar-refractivity contribution in [1.29, 1.82) is 0 Å². The molecule has 88 valence electrons. The second kappa shape index (κ2) is 4.82. The highest BCUT2D eigenvalue weighted by Crippen LogP contribution is 2.26. The summed E-state index contributed by atoms with van der Waals surface area (Å²) >= 11 is 5.68. The highest BCUT2D eigenvalue weighted by Gasteiger charge is 2.15. The fraction of sp³-hybridized carbons (Fsp3) is 0.0769. The van der Waals surface area contributed by atoms with Crippen molar-refractivity contribution >= 4 is 11.6 Å². The van der Waals surface area contributed by atoms with Gasteiger partial charge in [-0.2, -0.15) is 0 Å². The average molecular weight is 254 g/mol. The zero-order valence-corrected chi connectivity index (χ0v) is 9.59. The lowest BCUT2D eigenvalue weighted by atomic mass is 9.99. The number of rotatable bonds is 2. The summed E-state index contributed by atoms with van der Waals surface area (Å²) in [6, 6.07) is 9.63. The minimum absolute atomic E-state index is 0.0278. The first kappa shape index (κ1) is 12.0. The van der Waals surface area contributed by atoms with Crippen molar-refractivity contribution in [2.45, 2.75) is 6.04 Å². The smallest absolute Gasteiger partial charge is 0.146 e. The zero-order chi connectivity index (χ0) is 12.4. The van der Waals surface area contributed by atoms with Gasteiger partial charge in [0, 0.05) is 5.56 Å². The van der Waals surface area contributed by atoms with Crippen LogP contribution in [-0.4, -0.2) is 0 Å². The van der Waals surface area contributed by atoms with Gasteiger partial charge in [0.15, 0.2) is 0 Å². The van der Waals surface area contributed by atoms with Crippen LogP contribution >= 0.6 is 11.6 Å². The van der Waals surface area contributed by atoms with Gasteiger partial charge in [0.1, 0.15) is 11.6 Å². The van der Waals surface area contributed by atoms with Crippen LogP contribution in [0.1, 0.15) is 17.2 Å². The third-order valence-corrected chi connectivity index (χ3v) is 2.84. The van der Waals surface area contributed by atoms with Gasteiger partial charge in [-0.15, -0.1) is 0 Å². The van der Waals surface area contributed by atoms with Gasteiger partial charge < -0.3 is 5.73 Å². The van der Waals surface area contributed by atoms with E-state index < -0.39 is 11.9 Å². The number of hydrogen-bond acceptors (Lipinski definition) is 1. The maximum absolute atomic E-state index is 13.7. The van der Waals surface area contributed by atoms with Crippen LogP contribution in [0.4, 0.5) is 8.78 Å². The minimum Gasteiger partial charge on any atom is -0.320 e. The Morgan fingerprint density at radius 1 is 1.00 bits per heavy atom. The van der Waals surface area contributed by atoms with Crippen LogP contribution in [0.15, 0.2) is 42.5 Å². The molecule has 2 N–H and O–H groups in total. The molecule has 0 aromatic heterocycles. The predicted molar refractivity (Wildman–Crippen MR) is 63.8 cm³/mol. The Hall–Kier alpha value is -1.45. The third-order valence-electron chi connectivity index (χ3n) is 2.55. The largest absolute Gasteiger partial charge is 0.320 e. The summed E-state index contributed by atoms with van der Waals surface area (Å²) in [5.41, 5.74) is 6.84. The summed E-state index contributed by atoms with van der Waals surface area (Å²) in [5.74, 6) is -0.890. The van der Waals surface area contributed by atoms with E-state index in [2.05, 4.69) is 0 Å². The Labute approximate surface area is 103 Å². The number of benzene rings is 2. The molecule has 1 unspecified atom stereocenters. The quantitative estimate of drug-likeness (QED) is 0.868. The van der Waals surface area contributed by atoms with Crippen molar-refractivity contribution in [3.8, 4) is 0 Å². The van der Waals surface area contributed by atoms with Crippen LogP contribution in [0.3, 0.4) is 0 Å². The average Bonchev–Trinajstić information content (AvgIpc) is 2.33. The first-order valence-corrected chi connectivity index (χ1v) is 5.42. The van der Waals surface area contributed by atoms with E-state index in [1.165, 1.54) is 30.3 Å². The molecule has 17 heavy (non-hydrogen) atoms. The molecule has 0 aliphatic rings. The van der Waals surface area contributed by atoms with Crippen molar-refractivity contribution in [2.24, 2.45) is 5.73 Å². The van der Waals surface area contributed by atoms with E-state index in [0.29, 0.717) is 11.1 Å². The molecule has 0 aliphatic carbocycles. The summed E-state index contributed by atoms with van der Waals surface area (Å²) in [5, 5.41) is 0.0278. The lowest BCUT2D eigenvalue weighted by molar-refractivity contribution is 0.599. The number of halogens is 3. The molecule has 0 spiro atoms. The normalized spacial score (nSPS) is 12.5. The second-order valence-electron chi connectivity index (χ2n) is 3.67. The fourth-order valence-electron chi connectivity index (χ4n) is 1.61. The van der Waals surface area contributed by atoms with E-state index in [0.717, 1.165) is 0 Å². The first-order valence-electron chi connectivity index (χ1n) is 5.04. The van der Waals surface area contributed by atoms with Gasteiger partial charge in [-0.05, 0) is 23.8 Å². The van der Waals surface area contributed by atoms with Crippen molar-refractivity contribution < 1.29 is 8.78 Å². The Bertz CT molecular complexity index is 525. The van der Waals surface area contributed by atoms with Gasteiger partial charge in [-0.3, -0.25) is 0 Å². The minimum atomic E-state index is -0.658. The summed E-state index contributed by atoms with van der Waals surface area (Å²) in [4.78, 5) is 0. The number of nitrogens with two attached hydrogens (primary N) is 1. The molecule has 0 amide bonds. The summed E-state index contributed by atoms with van der Waals surface area (Å²) in [6.45, 7) is 0. The van der Waals surface area contributed by atoms with Crippen LogP contribution in [-0.2, 0) is 0 Å². The van der Waals surface area contributed by atoms with Crippen LogP contribution in [0.25, 0.3) is 0 Å². The van der Waals surface area contributed by atoms with Crippen molar-refractivity contribution in [3.05, 3.63) is 70.2 Å². The molecule has 0 saturated heterocycles. The molecule has 4 heteroatoms. The van der Waals surface area contributed by atoms with Crippen molar-refractivity contribution in [1.82, 2.24) is 0 Å². The molecule has 2 rings (SSSR count). The highest BCUT2D eigenvalue weighted by atomic mass is 35.5. The van der Waals surface area contributed by atoms with Gasteiger partial charge in [0.05, 0.1) is 11.1 Å². The van der Waals surface area contributed by atoms with Crippen LogP contribution < -0.4 is 5.73 Å². The summed E-state index contributed by atoms with van der Waals surface area (Å²) in [6.07, 6.45) is 0. The van der Waals surface area contributed by atoms with E-state index in [-0.39, 0.29) is 10.8 Å². The predicted octanol–water partition coefficient (Wildman–Crippen LogP) is 3.67. The lowest BCUT2D eigenvalue weighted by Gasteiger charge is -2.13. The Morgan fingerprint density at radius 2 is 1.65 bits per heavy atom. The Balaban J connectivity index is 2.40. The summed E-state index contributed by atoms with van der Waals surface area (Å²) < 4.78 is 26.5. The van der Waals surface area contributed by atoms with Crippen LogP contribution in [0, 0.1) is 11.6 Å². The van der Waals surface area contributed by atoms with E-state index >= 15 is 0 Å². The first-order chi connectivity index (χ1) is 8.09. The lowest BCUT2D eigenvalue weighted by Crippen LogP contribution is -2.13. The standard InChI is InChI=1S/C13H10ClF2N/c14-11-3-1-2-10(12(11)16)13(17)8-4-6-9(15)7-5-8/h1-7,13H,17H2. The molecule has 0 aliphatic heterocycles. The molecular formula is C13H10ClF2N. The molecule has 0 heterocycles. The molecule has 2 aromatic carbocycles. The van der Waals surface area contributed by atoms with E-state index in [1.54, 1.807) is 12.1 Å². The van der Waals surface area contributed by atoms with Gasteiger partial charge in [-0.25, -0.2) is 8.78 Å². The van der Waals surface area contributed by atoms with Crippen molar-refractivity contribution in [2.75, 3.05) is 0 Å². The number of hydrogen-bond donors (Lipinski definition) is 1. The van der Waals surface area contributed by atoms with Gasteiger partial charge in [0.25, 0.3) is 0 Å². The molecule has 1 nitrogen and oxygen atoms in total. The molecule has 0 radical (unpaired) electrons. The van der Waals surface area contributed by atoms with E-state index in [4.69, 9.17) is 17.3 Å². The SMILES string of the molecule is NC(c1ccc(F)cc1)c1cccc(Cl)c1F. The molecule has 0 fully saturated rings. The highest BCUT2D eigenvalue weighted by molar-refractivity contribution is 6.30. The maximum atomic E-state index is 13.7. The van der Waals surface area contributed by atoms with Gasteiger partial charge in [-0.1, -0.05) is 35.9 Å². The monoisotopic (exact) mass is 253 g/mol. The van der Waals surface area contributed by atoms with E-state index in [9.17, 15) is 8.78 Å². The Kier molecular flexibility index (Phi) is 3.41. The molecule has 1 atom stereocenters. The molecular weight excluding hydrogens is 244 g/mol. The van der Waals surface area contributed by atoms with Gasteiger partial charge >= 0.3 is 0 Å². The maximum Gasteiger partial charge on any atom is 0.146 e. The molecule has 2 aromatic rings. The Morgan fingerprint density at radius 3 is 2.29 bits per heavy atom. The van der Waals surface area contributed by atoms with Crippen molar-refractivity contribution in [3.63, 3.8) is 0 Å².